The first-order valence-electron chi connectivity index (χ1n) is 9.70. The number of nitro groups is 1. The zero-order chi connectivity index (χ0) is 19.5. The Balaban J connectivity index is 1.56. The van der Waals surface area contributed by atoms with Crippen molar-refractivity contribution >= 4 is 22.7 Å². The maximum atomic E-state index is 11.0. The van der Waals surface area contributed by atoms with Crippen molar-refractivity contribution in [2.24, 2.45) is 0 Å². The maximum Gasteiger partial charge on any atom is 0.303 e. The number of carboxylic acid groups (broad SMARTS) is 1. The van der Waals surface area contributed by atoms with Crippen LogP contribution in [0.1, 0.15) is 76.2 Å². The second-order valence-corrected chi connectivity index (χ2v) is 6.89. The van der Waals surface area contributed by atoms with Crippen molar-refractivity contribution in [2.75, 3.05) is 0 Å². The zero-order valence-corrected chi connectivity index (χ0v) is 15.6. The maximum absolute atomic E-state index is 11.0. The smallest absolute Gasteiger partial charge is 0.303 e. The summed E-state index contributed by atoms with van der Waals surface area (Å²) in [5.74, 6) is -0.704. The number of aliphatic carboxylic acids is 1. The van der Waals surface area contributed by atoms with Crippen molar-refractivity contribution in [3.8, 4) is 0 Å². The van der Waals surface area contributed by atoms with Crippen LogP contribution in [0.4, 0.5) is 5.69 Å². The summed E-state index contributed by atoms with van der Waals surface area (Å²) < 4.78 is 4.68. The van der Waals surface area contributed by atoms with Crippen molar-refractivity contribution < 1.29 is 19.5 Å². The lowest BCUT2D eigenvalue weighted by atomic mass is 10.0. The summed E-state index contributed by atoms with van der Waals surface area (Å²) in [4.78, 5) is 20.9. The Kier molecular flexibility index (Phi) is 8.67. The lowest BCUT2D eigenvalue weighted by molar-refractivity contribution is -0.383. The first-order chi connectivity index (χ1) is 13.1. The van der Waals surface area contributed by atoms with Crippen LogP contribution in [0.25, 0.3) is 11.0 Å². The number of non-ortho nitro benzene ring substituents is 1. The van der Waals surface area contributed by atoms with Gasteiger partial charge in [-0.15, -0.1) is 0 Å². The number of nitrogens with zero attached hydrogens (tertiary/aromatic N) is 3. The fraction of sp³-hybridized carbons (Fsp3) is 0.632. The largest absolute Gasteiger partial charge is 0.481 e. The molecule has 0 radical (unpaired) electrons. The average Bonchev–Trinajstić information content (AvgIpc) is 3.12. The molecule has 0 saturated heterocycles. The third-order valence-electron chi connectivity index (χ3n) is 4.76. The van der Waals surface area contributed by atoms with E-state index in [9.17, 15) is 14.9 Å². The van der Waals surface area contributed by atoms with E-state index < -0.39 is 10.9 Å². The summed E-state index contributed by atoms with van der Waals surface area (Å²) in [6, 6.07) is 3.22. The Morgan fingerprint density at radius 2 is 1.48 bits per heavy atom. The Hall–Kier alpha value is -2.51. The van der Waals surface area contributed by atoms with Gasteiger partial charge in [0.25, 0.3) is 0 Å². The normalized spacial score (nSPS) is 11.1. The van der Waals surface area contributed by atoms with Gasteiger partial charge in [0.15, 0.2) is 0 Å². The molecule has 0 spiro atoms. The van der Waals surface area contributed by atoms with Gasteiger partial charge in [-0.1, -0.05) is 51.4 Å². The van der Waals surface area contributed by atoms with Crippen LogP contribution in [0.15, 0.2) is 16.8 Å². The lowest BCUT2D eigenvalue weighted by Crippen LogP contribution is -1.94. The van der Waals surface area contributed by atoms with E-state index in [4.69, 9.17) is 5.11 Å². The first kappa shape index (κ1) is 20.8. The van der Waals surface area contributed by atoms with Gasteiger partial charge in [-0.25, -0.2) is 4.63 Å². The number of rotatable bonds is 14. The number of fused-ring (bicyclic) bond motifs is 1. The molecule has 1 aromatic heterocycles. The molecule has 27 heavy (non-hydrogen) atoms. The number of aromatic nitrogens is 2. The Morgan fingerprint density at radius 3 is 2.07 bits per heavy atom. The average molecular weight is 377 g/mol. The number of nitro benzene ring substituents is 1. The number of hydrogen-bond donors (Lipinski definition) is 1. The van der Waals surface area contributed by atoms with E-state index in [0.29, 0.717) is 5.52 Å². The molecule has 0 aliphatic rings. The highest BCUT2D eigenvalue weighted by Gasteiger charge is 2.19. The molecule has 0 aliphatic heterocycles. The first-order valence-corrected chi connectivity index (χ1v) is 9.70. The zero-order valence-electron chi connectivity index (χ0n) is 15.6. The SMILES string of the molecule is O=C(O)CCCCCCCCCCCCc1ccc([N+](=O)[O-])c2nonc12. The second-order valence-electron chi connectivity index (χ2n) is 6.89. The third-order valence-corrected chi connectivity index (χ3v) is 4.76. The van der Waals surface area contributed by atoms with E-state index >= 15 is 0 Å². The molecule has 0 aliphatic carbocycles. The van der Waals surface area contributed by atoms with Crippen molar-refractivity contribution in [3.63, 3.8) is 0 Å². The summed E-state index contributed by atoms with van der Waals surface area (Å²) in [6.07, 6.45) is 12.1. The van der Waals surface area contributed by atoms with Gasteiger partial charge in [0.1, 0.15) is 5.52 Å². The summed E-state index contributed by atoms with van der Waals surface area (Å²) in [6.45, 7) is 0. The van der Waals surface area contributed by atoms with Gasteiger partial charge < -0.3 is 5.11 Å². The summed E-state index contributed by atoms with van der Waals surface area (Å²) in [5, 5.41) is 27.0. The summed E-state index contributed by atoms with van der Waals surface area (Å²) >= 11 is 0. The molecular weight excluding hydrogens is 350 g/mol. The molecule has 0 bridgehead atoms. The standard InChI is InChI=1S/C19H27N3O5/c23-17(24)12-10-8-6-4-2-1-3-5-7-9-11-15-13-14-16(22(25)26)19-18(15)20-27-21-19/h13-14H,1-12H2,(H,23,24). The molecule has 0 fully saturated rings. The third kappa shape index (κ3) is 6.96. The van der Waals surface area contributed by atoms with Crippen LogP contribution in [0.5, 0.6) is 0 Å². The van der Waals surface area contributed by atoms with E-state index in [0.717, 1.165) is 44.1 Å². The lowest BCUT2D eigenvalue weighted by Gasteiger charge is -2.03. The molecule has 0 unspecified atom stereocenters. The molecule has 148 valence electrons. The van der Waals surface area contributed by atoms with Crippen molar-refractivity contribution in [3.05, 3.63) is 27.8 Å². The van der Waals surface area contributed by atoms with Crippen LogP contribution in [0.2, 0.25) is 0 Å². The molecular formula is C19H27N3O5. The Labute approximate surface area is 158 Å². The minimum atomic E-state index is -0.704. The number of unbranched alkanes of at least 4 members (excludes halogenated alkanes) is 9. The molecule has 8 heteroatoms. The molecule has 2 aromatic rings. The fourth-order valence-corrected chi connectivity index (χ4v) is 3.26. The van der Waals surface area contributed by atoms with Crippen LogP contribution < -0.4 is 0 Å². The van der Waals surface area contributed by atoms with Crippen molar-refractivity contribution in [1.29, 1.82) is 0 Å². The van der Waals surface area contributed by atoms with E-state index in [-0.39, 0.29) is 17.6 Å². The van der Waals surface area contributed by atoms with Crippen LogP contribution in [-0.2, 0) is 11.2 Å². The Bertz CT molecular complexity index is 744. The minimum absolute atomic E-state index is 0.0713. The molecule has 0 amide bonds. The fourth-order valence-electron chi connectivity index (χ4n) is 3.26. The molecule has 2 rings (SSSR count). The van der Waals surface area contributed by atoms with Crippen LogP contribution in [0, 0.1) is 10.1 Å². The molecule has 0 atom stereocenters. The predicted octanol–water partition coefficient (Wildman–Crippen LogP) is 5.05. The number of carboxylic acids is 1. The highest BCUT2D eigenvalue weighted by Crippen LogP contribution is 2.26. The summed E-state index contributed by atoms with van der Waals surface area (Å²) in [5.41, 5.74) is 1.59. The number of aryl methyl sites for hydroxylation is 1. The van der Waals surface area contributed by atoms with E-state index in [1.165, 1.54) is 38.2 Å². The van der Waals surface area contributed by atoms with Gasteiger partial charge in [0, 0.05) is 12.5 Å². The van der Waals surface area contributed by atoms with E-state index in [2.05, 4.69) is 14.9 Å². The van der Waals surface area contributed by atoms with Crippen molar-refractivity contribution in [1.82, 2.24) is 10.3 Å². The van der Waals surface area contributed by atoms with Crippen molar-refractivity contribution in [2.45, 2.75) is 77.0 Å². The van der Waals surface area contributed by atoms with Gasteiger partial charge in [-0.05, 0) is 41.2 Å². The molecule has 1 N–H and O–H groups in total. The second kappa shape index (κ2) is 11.3. The highest BCUT2D eigenvalue weighted by atomic mass is 16.6. The van der Waals surface area contributed by atoms with Gasteiger partial charge >= 0.3 is 11.7 Å². The van der Waals surface area contributed by atoms with E-state index in [1.807, 2.05) is 0 Å². The van der Waals surface area contributed by atoms with Gasteiger partial charge in [-0.3, -0.25) is 14.9 Å². The monoisotopic (exact) mass is 377 g/mol. The quantitative estimate of drug-likeness (QED) is 0.278. The van der Waals surface area contributed by atoms with Gasteiger partial charge in [0.05, 0.1) is 4.92 Å². The van der Waals surface area contributed by atoms with Gasteiger partial charge in [-0.2, -0.15) is 0 Å². The topological polar surface area (TPSA) is 119 Å². The predicted molar refractivity (Wildman–Crippen MR) is 101 cm³/mol. The number of benzene rings is 1. The van der Waals surface area contributed by atoms with Crippen LogP contribution >= 0.6 is 0 Å². The summed E-state index contributed by atoms with van der Waals surface area (Å²) in [7, 11) is 0. The molecule has 1 aromatic carbocycles. The number of carbonyl (C=O) groups is 1. The van der Waals surface area contributed by atoms with Gasteiger partial charge in [0.2, 0.25) is 5.52 Å². The van der Waals surface area contributed by atoms with Crippen LogP contribution in [-0.4, -0.2) is 26.3 Å². The van der Waals surface area contributed by atoms with E-state index in [1.54, 1.807) is 6.07 Å². The molecule has 8 nitrogen and oxygen atoms in total. The Morgan fingerprint density at radius 1 is 0.926 bits per heavy atom. The number of hydrogen-bond acceptors (Lipinski definition) is 6. The molecule has 0 saturated carbocycles. The minimum Gasteiger partial charge on any atom is -0.481 e. The highest BCUT2D eigenvalue weighted by molar-refractivity contribution is 5.85. The van der Waals surface area contributed by atoms with Crippen LogP contribution in [0.3, 0.4) is 0 Å². The molecule has 1 heterocycles.